The van der Waals surface area contributed by atoms with Crippen LogP contribution in [0.4, 0.5) is 0 Å². The molecule has 0 spiro atoms. The van der Waals surface area contributed by atoms with Gasteiger partial charge in [0.25, 0.3) is 0 Å². The number of rotatable bonds is 6. The summed E-state index contributed by atoms with van der Waals surface area (Å²) in [6, 6.07) is 17.9. The van der Waals surface area contributed by atoms with Gasteiger partial charge in [-0.1, -0.05) is 42.5 Å². The van der Waals surface area contributed by atoms with Crippen LogP contribution in [0.5, 0.6) is 5.75 Å². The highest BCUT2D eigenvalue weighted by Gasteiger charge is 2.11. The van der Waals surface area contributed by atoms with Crippen LogP contribution in [0.25, 0.3) is 0 Å². The minimum absolute atomic E-state index is 0.205. The van der Waals surface area contributed by atoms with E-state index in [0.29, 0.717) is 6.54 Å². The lowest BCUT2D eigenvalue weighted by atomic mass is 10.1. The molecule has 2 N–H and O–H groups in total. The molecule has 3 nitrogen and oxygen atoms in total. The van der Waals surface area contributed by atoms with Gasteiger partial charge in [-0.25, -0.2) is 0 Å². The summed E-state index contributed by atoms with van der Waals surface area (Å²) in [6.45, 7) is 2.59. The monoisotopic (exact) mass is 271 g/mol. The van der Waals surface area contributed by atoms with Gasteiger partial charge in [-0.2, -0.15) is 0 Å². The first-order chi connectivity index (χ1) is 9.70. The first-order valence-electron chi connectivity index (χ1n) is 6.81. The molecule has 2 unspecified atom stereocenters. The Labute approximate surface area is 120 Å². The van der Waals surface area contributed by atoms with Crippen LogP contribution in [0.1, 0.15) is 30.2 Å². The molecule has 0 aliphatic rings. The average Bonchev–Trinajstić information content (AvgIpc) is 2.53. The van der Waals surface area contributed by atoms with Crippen molar-refractivity contribution in [1.82, 2.24) is 5.32 Å². The van der Waals surface area contributed by atoms with Crippen molar-refractivity contribution in [2.24, 2.45) is 0 Å². The van der Waals surface area contributed by atoms with E-state index in [1.54, 1.807) is 7.11 Å². The Morgan fingerprint density at radius 3 is 2.45 bits per heavy atom. The lowest BCUT2D eigenvalue weighted by Gasteiger charge is -2.18. The van der Waals surface area contributed by atoms with Crippen LogP contribution in [0.2, 0.25) is 0 Å². The van der Waals surface area contributed by atoms with E-state index in [9.17, 15) is 5.11 Å². The maximum Gasteiger partial charge on any atom is 0.119 e. The van der Waals surface area contributed by atoms with Crippen LogP contribution in [0, 0.1) is 0 Å². The third-order valence-electron chi connectivity index (χ3n) is 3.40. The highest BCUT2D eigenvalue weighted by molar-refractivity contribution is 5.30. The van der Waals surface area contributed by atoms with E-state index < -0.39 is 6.10 Å². The van der Waals surface area contributed by atoms with Crippen molar-refractivity contribution in [1.29, 1.82) is 0 Å². The number of aliphatic hydroxyl groups is 1. The van der Waals surface area contributed by atoms with Crippen LogP contribution < -0.4 is 10.1 Å². The van der Waals surface area contributed by atoms with Gasteiger partial charge in [0.05, 0.1) is 13.2 Å². The molecule has 0 radical (unpaired) electrons. The maximum atomic E-state index is 10.2. The number of ether oxygens (including phenoxy) is 1. The molecular weight excluding hydrogens is 250 g/mol. The van der Waals surface area contributed by atoms with Gasteiger partial charge in [0.1, 0.15) is 5.75 Å². The largest absolute Gasteiger partial charge is 0.497 e. The van der Waals surface area contributed by atoms with E-state index in [0.717, 1.165) is 11.3 Å². The van der Waals surface area contributed by atoms with Gasteiger partial charge in [0.15, 0.2) is 0 Å². The van der Waals surface area contributed by atoms with Gasteiger partial charge in [0.2, 0.25) is 0 Å². The molecule has 0 aliphatic carbocycles. The third kappa shape index (κ3) is 3.83. The molecule has 106 valence electrons. The van der Waals surface area contributed by atoms with Gasteiger partial charge < -0.3 is 15.2 Å². The molecular formula is C17H21NO2. The second-order valence-corrected chi connectivity index (χ2v) is 4.83. The highest BCUT2D eigenvalue weighted by atomic mass is 16.5. The van der Waals surface area contributed by atoms with Crippen molar-refractivity contribution in [3.8, 4) is 5.75 Å². The van der Waals surface area contributed by atoms with Crippen molar-refractivity contribution in [2.45, 2.75) is 19.1 Å². The molecule has 2 aromatic rings. The van der Waals surface area contributed by atoms with Crippen LogP contribution >= 0.6 is 0 Å². The summed E-state index contributed by atoms with van der Waals surface area (Å²) in [4.78, 5) is 0. The number of hydrogen-bond donors (Lipinski definition) is 2. The number of methoxy groups -OCH3 is 1. The van der Waals surface area contributed by atoms with Crippen molar-refractivity contribution in [3.05, 3.63) is 65.7 Å². The van der Waals surface area contributed by atoms with Crippen LogP contribution in [-0.2, 0) is 0 Å². The number of nitrogens with one attached hydrogen (secondary N) is 1. The Balaban J connectivity index is 1.93. The fourth-order valence-electron chi connectivity index (χ4n) is 2.11. The summed E-state index contributed by atoms with van der Waals surface area (Å²) in [5.74, 6) is 0.762. The topological polar surface area (TPSA) is 41.5 Å². The van der Waals surface area contributed by atoms with E-state index >= 15 is 0 Å². The van der Waals surface area contributed by atoms with Gasteiger partial charge >= 0.3 is 0 Å². The maximum absolute atomic E-state index is 10.2. The summed E-state index contributed by atoms with van der Waals surface area (Å²) >= 11 is 0. The summed E-state index contributed by atoms with van der Waals surface area (Å²) in [5, 5.41) is 13.6. The quantitative estimate of drug-likeness (QED) is 0.848. The molecule has 0 saturated carbocycles. The first-order valence-corrected chi connectivity index (χ1v) is 6.81. The molecule has 20 heavy (non-hydrogen) atoms. The molecule has 2 aromatic carbocycles. The lowest BCUT2D eigenvalue weighted by molar-refractivity contribution is 0.170. The highest BCUT2D eigenvalue weighted by Crippen LogP contribution is 2.19. The molecule has 0 aromatic heterocycles. The Hall–Kier alpha value is -1.84. The lowest BCUT2D eigenvalue weighted by Crippen LogP contribution is -2.24. The number of aliphatic hydroxyl groups excluding tert-OH is 1. The molecule has 0 amide bonds. The molecule has 0 heterocycles. The second-order valence-electron chi connectivity index (χ2n) is 4.83. The zero-order valence-corrected chi connectivity index (χ0v) is 11.9. The number of hydrogen-bond acceptors (Lipinski definition) is 3. The third-order valence-corrected chi connectivity index (χ3v) is 3.40. The van der Waals surface area contributed by atoms with Crippen molar-refractivity contribution in [3.63, 3.8) is 0 Å². The first kappa shape index (κ1) is 14.6. The zero-order chi connectivity index (χ0) is 14.4. The van der Waals surface area contributed by atoms with E-state index in [1.807, 2.05) is 42.5 Å². The standard InChI is InChI=1S/C17H21NO2/c1-13(14-7-4-3-5-8-14)18-12-17(19)15-9-6-10-16(11-15)20-2/h3-11,13,17-19H,12H2,1-2H3. The van der Waals surface area contributed by atoms with Gasteiger partial charge in [-0.3, -0.25) is 0 Å². The summed E-state index contributed by atoms with van der Waals surface area (Å²) < 4.78 is 5.17. The molecule has 2 atom stereocenters. The fourth-order valence-corrected chi connectivity index (χ4v) is 2.11. The van der Waals surface area contributed by atoms with Gasteiger partial charge in [-0.05, 0) is 30.2 Å². The molecule has 0 bridgehead atoms. The Morgan fingerprint density at radius 2 is 1.75 bits per heavy atom. The van der Waals surface area contributed by atoms with E-state index in [1.165, 1.54) is 5.56 Å². The Morgan fingerprint density at radius 1 is 1.05 bits per heavy atom. The predicted octanol–water partition coefficient (Wildman–Crippen LogP) is 3.08. The Bertz CT molecular complexity index is 528. The van der Waals surface area contributed by atoms with Crippen molar-refractivity contribution >= 4 is 0 Å². The molecule has 2 rings (SSSR count). The molecule has 0 saturated heterocycles. The molecule has 0 aliphatic heterocycles. The van der Waals surface area contributed by atoms with E-state index in [-0.39, 0.29) is 6.04 Å². The summed E-state index contributed by atoms with van der Waals surface area (Å²) in [6.07, 6.45) is -0.545. The average molecular weight is 271 g/mol. The molecule has 0 fully saturated rings. The smallest absolute Gasteiger partial charge is 0.119 e. The minimum Gasteiger partial charge on any atom is -0.497 e. The number of benzene rings is 2. The minimum atomic E-state index is -0.545. The summed E-state index contributed by atoms with van der Waals surface area (Å²) in [7, 11) is 1.63. The normalized spacial score (nSPS) is 13.8. The van der Waals surface area contributed by atoms with Crippen LogP contribution in [0.3, 0.4) is 0 Å². The predicted molar refractivity (Wildman–Crippen MR) is 80.8 cm³/mol. The fraction of sp³-hybridized carbons (Fsp3) is 0.294. The Kier molecular flexibility index (Phi) is 5.16. The molecule has 3 heteroatoms. The van der Waals surface area contributed by atoms with Crippen LogP contribution in [0.15, 0.2) is 54.6 Å². The van der Waals surface area contributed by atoms with Crippen LogP contribution in [-0.4, -0.2) is 18.8 Å². The van der Waals surface area contributed by atoms with Gasteiger partial charge in [0, 0.05) is 12.6 Å². The van der Waals surface area contributed by atoms with Crippen molar-refractivity contribution in [2.75, 3.05) is 13.7 Å². The van der Waals surface area contributed by atoms with E-state index in [4.69, 9.17) is 4.74 Å². The SMILES string of the molecule is COc1cccc(C(O)CNC(C)c2ccccc2)c1. The summed E-state index contributed by atoms with van der Waals surface area (Å²) in [5.41, 5.74) is 2.07. The zero-order valence-electron chi connectivity index (χ0n) is 11.9. The van der Waals surface area contributed by atoms with E-state index in [2.05, 4.69) is 24.4 Å². The van der Waals surface area contributed by atoms with Crippen molar-refractivity contribution < 1.29 is 9.84 Å². The second kappa shape index (κ2) is 7.08. The van der Waals surface area contributed by atoms with Gasteiger partial charge in [-0.15, -0.1) is 0 Å².